The van der Waals surface area contributed by atoms with Crippen LogP contribution in [0.2, 0.25) is 0 Å². The molecule has 1 amide bonds. The Hall–Kier alpha value is -1.95. The van der Waals surface area contributed by atoms with E-state index in [9.17, 15) is 4.79 Å². The van der Waals surface area contributed by atoms with Gasteiger partial charge in [0, 0.05) is 12.2 Å². The van der Waals surface area contributed by atoms with Crippen LogP contribution in [-0.2, 0) is 5.54 Å². The lowest BCUT2D eigenvalue weighted by Gasteiger charge is -2.20. The van der Waals surface area contributed by atoms with Gasteiger partial charge in [0.15, 0.2) is 5.65 Å². The zero-order valence-corrected chi connectivity index (χ0v) is 16.5. The maximum Gasteiger partial charge on any atom is 0.252 e. The molecule has 3 N–H and O–H groups in total. The Morgan fingerprint density at radius 3 is 2.48 bits per heavy atom. The van der Waals surface area contributed by atoms with Gasteiger partial charge in [0.05, 0.1) is 22.2 Å². The van der Waals surface area contributed by atoms with E-state index in [1.165, 1.54) is 0 Å². The largest absolute Gasteiger partial charge is 0.352 e. The van der Waals surface area contributed by atoms with Gasteiger partial charge in [0.1, 0.15) is 0 Å². The molecule has 0 aliphatic heterocycles. The summed E-state index contributed by atoms with van der Waals surface area (Å²) in [6.45, 7) is 15.5. The molecule has 0 aliphatic carbocycles. The lowest BCUT2D eigenvalue weighted by molar-refractivity contribution is 0.0950. The first-order valence-corrected chi connectivity index (χ1v) is 8.95. The van der Waals surface area contributed by atoms with Crippen LogP contribution in [0.15, 0.2) is 6.07 Å². The zero-order chi connectivity index (χ0) is 18.9. The van der Waals surface area contributed by atoms with E-state index in [0.29, 0.717) is 18.7 Å². The molecular formula is C19H31N5O. The highest BCUT2D eigenvalue weighted by Crippen LogP contribution is 2.28. The summed E-state index contributed by atoms with van der Waals surface area (Å²) in [5.41, 5.74) is 8.58. The first kappa shape index (κ1) is 19.4. The number of amides is 1. The van der Waals surface area contributed by atoms with Crippen LogP contribution in [0.3, 0.4) is 0 Å². The van der Waals surface area contributed by atoms with Crippen LogP contribution in [0.5, 0.6) is 0 Å². The van der Waals surface area contributed by atoms with E-state index in [1.54, 1.807) is 0 Å². The van der Waals surface area contributed by atoms with Crippen LogP contribution >= 0.6 is 0 Å². The van der Waals surface area contributed by atoms with Crippen LogP contribution in [0.4, 0.5) is 0 Å². The molecule has 2 heterocycles. The fraction of sp³-hybridized carbons (Fsp3) is 0.632. The minimum Gasteiger partial charge on any atom is -0.352 e. The molecule has 1 unspecified atom stereocenters. The molecule has 6 heteroatoms. The molecule has 0 aliphatic rings. The average Bonchev–Trinajstić information content (AvgIpc) is 2.88. The first-order chi connectivity index (χ1) is 11.6. The van der Waals surface area contributed by atoms with Crippen molar-refractivity contribution in [3.63, 3.8) is 0 Å². The van der Waals surface area contributed by atoms with Gasteiger partial charge >= 0.3 is 0 Å². The lowest BCUT2D eigenvalue weighted by atomic mass is 10.0. The molecule has 2 aromatic heterocycles. The van der Waals surface area contributed by atoms with E-state index in [-0.39, 0.29) is 23.3 Å². The van der Waals surface area contributed by atoms with Gasteiger partial charge in [-0.3, -0.25) is 4.79 Å². The van der Waals surface area contributed by atoms with Gasteiger partial charge in [-0.15, -0.1) is 0 Å². The summed E-state index contributed by atoms with van der Waals surface area (Å²) in [6, 6.07) is 1.90. The van der Waals surface area contributed by atoms with Gasteiger partial charge in [0.2, 0.25) is 0 Å². The standard InChI is InChI=1S/C19H31N5O/c1-11(2)15-8-14(18(25)21-10-12(3)9-20)16-13(4)23-24(17(16)22-15)19(5,6)7/h8,11-12H,9-10,20H2,1-7H3,(H,21,25). The molecule has 0 aromatic carbocycles. The number of fused-ring (bicyclic) bond motifs is 1. The number of carbonyl (C=O) groups excluding carboxylic acids is 1. The summed E-state index contributed by atoms with van der Waals surface area (Å²) in [6.07, 6.45) is 0. The third kappa shape index (κ3) is 4.00. The lowest BCUT2D eigenvalue weighted by Crippen LogP contribution is -2.31. The monoisotopic (exact) mass is 345 g/mol. The second-order valence-electron chi connectivity index (χ2n) is 8.17. The van der Waals surface area contributed by atoms with Crippen LogP contribution in [0.25, 0.3) is 11.0 Å². The Kier molecular flexibility index (Phi) is 5.52. The highest BCUT2D eigenvalue weighted by molar-refractivity contribution is 6.06. The fourth-order valence-electron chi connectivity index (χ4n) is 2.70. The molecule has 25 heavy (non-hydrogen) atoms. The zero-order valence-electron chi connectivity index (χ0n) is 16.5. The van der Waals surface area contributed by atoms with Crippen molar-refractivity contribution < 1.29 is 4.79 Å². The van der Waals surface area contributed by atoms with Crippen LogP contribution in [0.1, 0.15) is 69.2 Å². The highest BCUT2D eigenvalue weighted by Gasteiger charge is 2.25. The second kappa shape index (κ2) is 7.12. The minimum atomic E-state index is -0.211. The predicted molar refractivity (Wildman–Crippen MR) is 102 cm³/mol. The molecule has 0 spiro atoms. The summed E-state index contributed by atoms with van der Waals surface area (Å²) in [4.78, 5) is 17.7. The Bertz CT molecular complexity index is 770. The van der Waals surface area contributed by atoms with Gasteiger partial charge < -0.3 is 11.1 Å². The highest BCUT2D eigenvalue weighted by atomic mass is 16.1. The van der Waals surface area contributed by atoms with Crippen molar-refractivity contribution in [3.05, 3.63) is 23.0 Å². The Morgan fingerprint density at radius 2 is 1.96 bits per heavy atom. The number of nitrogens with two attached hydrogens (primary N) is 1. The van der Waals surface area contributed by atoms with E-state index in [4.69, 9.17) is 10.7 Å². The average molecular weight is 345 g/mol. The minimum absolute atomic E-state index is 0.0915. The van der Waals surface area contributed by atoms with E-state index in [0.717, 1.165) is 22.4 Å². The summed E-state index contributed by atoms with van der Waals surface area (Å²) in [5, 5.41) is 8.50. The van der Waals surface area contributed by atoms with Crippen molar-refractivity contribution in [1.82, 2.24) is 20.1 Å². The Balaban J connectivity index is 2.62. The number of hydrogen-bond donors (Lipinski definition) is 2. The first-order valence-electron chi connectivity index (χ1n) is 8.95. The van der Waals surface area contributed by atoms with E-state index in [1.807, 2.05) is 24.6 Å². The Morgan fingerprint density at radius 1 is 1.32 bits per heavy atom. The van der Waals surface area contributed by atoms with Gasteiger partial charge in [0.25, 0.3) is 5.91 Å². The van der Waals surface area contributed by atoms with Crippen LogP contribution in [0, 0.1) is 12.8 Å². The van der Waals surface area contributed by atoms with Crippen molar-refractivity contribution in [2.45, 2.75) is 59.9 Å². The summed E-state index contributed by atoms with van der Waals surface area (Å²) < 4.78 is 1.92. The van der Waals surface area contributed by atoms with Crippen molar-refractivity contribution in [2.24, 2.45) is 11.7 Å². The fourth-order valence-corrected chi connectivity index (χ4v) is 2.70. The van der Waals surface area contributed by atoms with Crippen LogP contribution < -0.4 is 11.1 Å². The molecule has 2 aromatic rings. The van der Waals surface area contributed by atoms with E-state index >= 15 is 0 Å². The SMILES string of the molecule is Cc1nn(C(C)(C)C)c2nc(C(C)C)cc(C(=O)NCC(C)CN)c12. The van der Waals surface area contributed by atoms with Crippen molar-refractivity contribution in [3.8, 4) is 0 Å². The number of rotatable bonds is 5. The molecule has 0 radical (unpaired) electrons. The van der Waals surface area contributed by atoms with Crippen molar-refractivity contribution in [2.75, 3.05) is 13.1 Å². The molecule has 1 atom stereocenters. The molecule has 6 nitrogen and oxygen atoms in total. The smallest absolute Gasteiger partial charge is 0.252 e. The third-order valence-electron chi connectivity index (χ3n) is 4.32. The normalized spacial score (nSPS) is 13.5. The second-order valence-corrected chi connectivity index (χ2v) is 8.17. The van der Waals surface area contributed by atoms with Gasteiger partial charge in [-0.25, -0.2) is 9.67 Å². The number of pyridine rings is 1. The van der Waals surface area contributed by atoms with E-state index < -0.39 is 0 Å². The van der Waals surface area contributed by atoms with Crippen molar-refractivity contribution in [1.29, 1.82) is 0 Å². The van der Waals surface area contributed by atoms with Crippen LogP contribution in [-0.4, -0.2) is 33.8 Å². The Labute approximate surface area is 150 Å². The third-order valence-corrected chi connectivity index (χ3v) is 4.32. The molecular weight excluding hydrogens is 314 g/mol. The maximum atomic E-state index is 12.8. The molecule has 138 valence electrons. The number of nitrogens with zero attached hydrogens (tertiary/aromatic N) is 3. The predicted octanol–water partition coefficient (Wildman–Crippen LogP) is 2.94. The maximum absolute atomic E-state index is 12.8. The van der Waals surface area contributed by atoms with Gasteiger partial charge in [-0.2, -0.15) is 5.10 Å². The number of nitrogens with one attached hydrogen (secondary N) is 1. The summed E-state index contributed by atoms with van der Waals surface area (Å²) in [7, 11) is 0. The number of aryl methyl sites for hydroxylation is 1. The number of hydrogen-bond acceptors (Lipinski definition) is 4. The summed E-state index contributed by atoms with van der Waals surface area (Å²) in [5.74, 6) is 0.373. The summed E-state index contributed by atoms with van der Waals surface area (Å²) >= 11 is 0. The molecule has 0 saturated heterocycles. The number of aromatic nitrogens is 3. The topological polar surface area (TPSA) is 85.8 Å². The quantitative estimate of drug-likeness (QED) is 0.872. The van der Waals surface area contributed by atoms with Gasteiger partial charge in [-0.1, -0.05) is 20.8 Å². The molecule has 0 bridgehead atoms. The molecule has 0 fully saturated rings. The number of carbonyl (C=O) groups is 1. The molecule has 2 rings (SSSR count). The molecule has 0 saturated carbocycles. The van der Waals surface area contributed by atoms with Gasteiger partial charge in [-0.05, 0) is 52.1 Å². The van der Waals surface area contributed by atoms with E-state index in [2.05, 4.69) is 45.0 Å². The van der Waals surface area contributed by atoms with Crippen molar-refractivity contribution >= 4 is 16.9 Å².